The van der Waals surface area contributed by atoms with E-state index in [1.807, 2.05) is 49.4 Å². The van der Waals surface area contributed by atoms with E-state index in [0.29, 0.717) is 5.56 Å². The second-order valence-corrected chi connectivity index (χ2v) is 4.59. The molecule has 2 aromatic carbocycles. The summed E-state index contributed by atoms with van der Waals surface area (Å²) in [6.45, 7) is 1.92. The summed E-state index contributed by atoms with van der Waals surface area (Å²) in [7, 11) is 0. The molecule has 2 amide bonds. The third kappa shape index (κ3) is 1.83. The van der Waals surface area contributed by atoms with Crippen molar-refractivity contribution in [3.8, 4) is 0 Å². The standard InChI is InChI=1S/C16H13NO2/c1-2-5-10-8-11-6-3-4-7-12(11)15-13(10)9-14(18)17-16(15)19/h2-8H,9H2,1H3,(H,17,18,19)/b5-2-. The molecule has 3 rings (SSSR count). The number of allylic oxidation sites excluding steroid dienone is 1. The molecule has 0 radical (unpaired) electrons. The van der Waals surface area contributed by atoms with Gasteiger partial charge in [0.25, 0.3) is 5.91 Å². The Bertz CT molecular complexity index is 729. The molecule has 0 unspecified atom stereocenters. The minimum atomic E-state index is -0.297. The molecule has 1 aliphatic heterocycles. The largest absolute Gasteiger partial charge is 0.292 e. The van der Waals surface area contributed by atoms with Crippen LogP contribution >= 0.6 is 0 Å². The molecule has 1 aliphatic rings. The van der Waals surface area contributed by atoms with Gasteiger partial charge in [-0.15, -0.1) is 0 Å². The third-order valence-corrected chi connectivity index (χ3v) is 3.35. The fourth-order valence-electron chi connectivity index (χ4n) is 2.58. The predicted molar refractivity (Wildman–Crippen MR) is 74.8 cm³/mol. The summed E-state index contributed by atoms with van der Waals surface area (Å²) in [6.07, 6.45) is 4.12. The van der Waals surface area contributed by atoms with Gasteiger partial charge in [0.05, 0.1) is 12.0 Å². The molecule has 0 spiro atoms. The molecule has 2 aromatic rings. The summed E-state index contributed by atoms with van der Waals surface area (Å²) in [5.74, 6) is -0.535. The predicted octanol–water partition coefficient (Wildman–Crippen LogP) is 2.69. The highest BCUT2D eigenvalue weighted by molar-refractivity contribution is 6.17. The lowest BCUT2D eigenvalue weighted by molar-refractivity contribution is -0.119. The van der Waals surface area contributed by atoms with Crippen LogP contribution in [-0.4, -0.2) is 11.8 Å². The van der Waals surface area contributed by atoms with E-state index in [4.69, 9.17) is 0 Å². The maximum absolute atomic E-state index is 12.1. The van der Waals surface area contributed by atoms with Crippen LogP contribution in [0.3, 0.4) is 0 Å². The molecule has 3 nitrogen and oxygen atoms in total. The first-order chi connectivity index (χ1) is 9.20. The van der Waals surface area contributed by atoms with E-state index in [9.17, 15) is 9.59 Å². The van der Waals surface area contributed by atoms with E-state index in [0.717, 1.165) is 21.9 Å². The summed E-state index contributed by atoms with van der Waals surface area (Å²) in [5.41, 5.74) is 2.40. The molecular formula is C16H13NO2. The van der Waals surface area contributed by atoms with Crippen LogP contribution in [0.1, 0.15) is 28.4 Å². The van der Waals surface area contributed by atoms with Crippen molar-refractivity contribution < 1.29 is 9.59 Å². The highest BCUT2D eigenvalue weighted by atomic mass is 16.2. The summed E-state index contributed by atoms with van der Waals surface area (Å²) < 4.78 is 0. The summed E-state index contributed by atoms with van der Waals surface area (Å²) in [4.78, 5) is 23.7. The van der Waals surface area contributed by atoms with Gasteiger partial charge < -0.3 is 0 Å². The highest BCUT2D eigenvalue weighted by Gasteiger charge is 2.26. The second kappa shape index (κ2) is 4.35. The number of rotatable bonds is 1. The average molecular weight is 251 g/mol. The Morgan fingerprint density at radius 3 is 2.79 bits per heavy atom. The molecule has 0 atom stereocenters. The highest BCUT2D eigenvalue weighted by Crippen LogP contribution is 2.29. The van der Waals surface area contributed by atoms with Crippen molar-refractivity contribution in [2.24, 2.45) is 0 Å². The molecule has 0 bridgehead atoms. The zero-order chi connectivity index (χ0) is 13.4. The van der Waals surface area contributed by atoms with Crippen molar-refractivity contribution in [3.63, 3.8) is 0 Å². The summed E-state index contributed by atoms with van der Waals surface area (Å²) >= 11 is 0. The number of fused-ring (bicyclic) bond motifs is 3. The molecule has 3 heteroatoms. The van der Waals surface area contributed by atoms with Gasteiger partial charge in [-0.25, -0.2) is 0 Å². The van der Waals surface area contributed by atoms with Crippen molar-refractivity contribution in [2.45, 2.75) is 13.3 Å². The van der Waals surface area contributed by atoms with Gasteiger partial charge in [0.2, 0.25) is 5.91 Å². The molecule has 0 fully saturated rings. The minimum Gasteiger partial charge on any atom is -0.292 e. The Kier molecular flexibility index (Phi) is 2.67. The zero-order valence-corrected chi connectivity index (χ0v) is 10.6. The summed E-state index contributed by atoms with van der Waals surface area (Å²) in [5, 5.41) is 4.31. The number of amides is 2. The normalized spacial score (nSPS) is 14.8. The Morgan fingerprint density at radius 2 is 2.00 bits per heavy atom. The smallest absolute Gasteiger partial charge is 0.258 e. The van der Waals surface area contributed by atoms with Crippen LogP contribution in [0, 0.1) is 0 Å². The maximum Gasteiger partial charge on any atom is 0.258 e. The number of hydrogen-bond acceptors (Lipinski definition) is 2. The molecule has 1 heterocycles. The Labute approximate surface area is 110 Å². The van der Waals surface area contributed by atoms with Crippen LogP contribution in [0.2, 0.25) is 0 Å². The minimum absolute atomic E-state index is 0.237. The van der Waals surface area contributed by atoms with Crippen molar-refractivity contribution in [1.29, 1.82) is 0 Å². The van der Waals surface area contributed by atoms with Gasteiger partial charge in [-0.1, -0.05) is 36.4 Å². The van der Waals surface area contributed by atoms with Crippen molar-refractivity contribution in [2.75, 3.05) is 0 Å². The Balaban J connectivity index is 2.42. The number of carbonyl (C=O) groups excluding carboxylic acids is 2. The van der Waals surface area contributed by atoms with Gasteiger partial charge in [0.15, 0.2) is 0 Å². The van der Waals surface area contributed by atoms with E-state index < -0.39 is 0 Å². The first-order valence-electron chi connectivity index (χ1n) is 6.22. The number of carbonyl (C=O) groups is 2. The lowest BCUT2D eigenvalue weighted by Gasteiger charge is -2.20. The lowest BCUT2D eigenvalue weighted by atomic mass is 9.89. The average Bonchev–Trinajstić information content (AvgIpc) is 2.38. The SMILES string of the molecule is C/C=C\c1cc2ccccc2c2c1CC(=O)NC2=O. The van der Waals surface area contributed by atoms with Crippen molar-refractivity contribution in [1.82, 2.24) is 5.32 Å². The van der Waals surface area contributed by atoms with E-state index in [2.05, 4.69) is 5.32 Å². The van der Waals surface area contributed by atoms with Crippen molar-refractivity contribution in [3.05, 3.63) is 53.1 Å². The van der Waals surface area contributed by atoms with Crippen LogP contribution in [0.5, 0.6) is 0 Å². The van der Waals surface area contributed by atoms with E-state index in [1.165, 1.54) is 0 Å². The second-order valence-electron chi connectivity index (χ2n) is 4.59. The maximum atomic E-state index is 12.1. The Hall–Kier alpha value is -2.42. The quantitative estimate of drug-likeness (QED) is 0.792. The molecule has 0 saturated heterocycles. The zero-order valence-electron chi connectivity index (χ0n) is 10.6. The van der Waals surface area contributed by atoms with E-state index in [1.54, 1.807) is 0 Å². The van der Waals surface area contributed by atoms with Crippen LogP contribution in [0.4, 0.5) is 0 Å². The monoisotopic (exact) mass is 251 g/mol. The molecular weight excluding hydrogens is 238 g/mol. The molecule has 0 saturated carbocycles. The van der Waals surface area contributed by atoms with Crippen molar-refractivity contribution >= 4 is 28.7 Å². The van der Waals surface area contributed by atoms with Gasteiger partial charge in [-0.05, 0) is 34.9 Å². The topological polar surface area (TPSA) is 46.2 Å². The number of imide groups is 1. The van der Waals surface area contributed by atoms with Gasteiger partial charge in [-0.3, -0.25) is 14.9 Å². The van der Waals surface area contributed by atoms with Gasteiger partial charge >= 0.3 is 0 Å². The fraction of sp³-hybridized carbons (Fsp3) is 0.125. The lowest BCUT2D eigenvalue weighted by Crippen LogP contribution is -2.37. The molecule has 1 N–H and O–H groups in total. The van der Waals surface area contributed by atoms with Crippen LogP contribution in [0.15, 0.2) is 36.4 Å². The van der Waals surface area contributed by atoms with Gasteiger partial charge in [0.1, 0.15) is 0 Å². The van der Waals surface area contributed by atoms with Crippen LogP contribution in [-0.2, 0) is 11.2 Å². The molecule has 0 aromatic heterocycles. The third-order valence-electron chi connectivity index (χ3n) is 3.35. The Morgan fingerprint density at radius 1 is 1.21 bits per heavy atom. The molecule has 19 heavy (non-hydrogen) atoms. The molecule has 94 valence electrons. The summed E-state index contributed by atoms with van der Waals surface area (Å²) in [6, 6.07) is 9.77. The number of nitrogens with one attached hydrogen (secondary N) is 1. The number of benzene rings is 2. The fourth-order valence-corrected chi connectivity index (χ4v) is 2.58. The van der Waals surface area contributed by atoms with Gasteiger partial charge in [0, 0.05) is 0 Å². The van der Waals surface area contributed by atoms with Crippen LogP contribution in [0.25, 0.3) is 16.8 Å². The number of hydrogen-bond donors (Lipinski definition) is 1. The first-order valence-corrected chi connectivity index (χ1v) is 6.22. The molecule has 0 aliphatic carbocycles. The van der Waals surface area contributed by atoms with E-state index >= 15 is 0 Å². The first kappa shape index (κ1) is 11.7. The van der Waals surface area contributed by atoms with Crippen LogP contribution < -0.4 is 5.32 Å². The van der Waals surface area contributed by atoms with E-state index in [-0.39, 0.29) is 18.2 Å². The van der Waals surface area contributed by atoms with Gasteiger partial charge in [-0.2, -0.15) is 0 Å².